The third kappa shape index (κ3) is 3.64. The fourth-order valence-electron chi connectivity index (χ4n) is 1.50. The fraction of sp³-hybridized carbons (Fsp3) is 0.500. The number of nitrogens with one attached hydrogen (secondary N) is 1. The number of hydrogen-bond acceptors (Lipinski definition) is 2. The quantitative estimate of drug-likeness (QED) is 0.704. The lowest BCUT2D eigenvalue weighted by Crippen LogP contribution is -2.28. The summed E-state index contributed by atoms with van der Waals surface area (Å²) in [7, 11) is 0. The zero-order valence-corrected chi connectivity index (χ0v) is 9.81. The maximum absolute atomic E-state index is 3.74. The van der Waals surface area contributed by atoms with Gasteiger partial charge >= 0.3 is 0 Å². The van der Waals surface area contributed by atoms with Crippen LogP contribution in [-0.4, -0.2) is 6.04 Å². The van der Waals surface area contributed by atoms with Crippen LogP contribution in [0.3, 0.4) is 0 Å². The van der Waals surface area contributed by atoms with Crippen molar-refractivity contribution in [1.29, 1.82) is 0 Å². The molecule has 0 fully saturated rings. The van der Waals surface area contributed by atoms with Crippen molar-refractivity contribution in [3.8, 4) is 0 Å². The molecule has 0 amide bonds. The minimum atomic E-state index is 0.459. The number of thiophene rings is 1. The third-order valence-corrected chi connectivity index (χ3v) is 3.08. The molecule has 0 spiro atoms. The Labute approximate surface area is 90.9 Å². The predicted molar refractivity (Wildman–Crippen MR) is 64.8 cm³/mol. The van der Waals surface area contributed by atoms with Crippen molar-refractivity contribution in [1.82, 2.24) is 5.32 Å². The Hall–Kier alpha value is -0.600. The van der Waals surface area contributed by atoms with Gasteiger partial charge in [0.25, 0.3) is 0 Å². The first-order valence-corrected chi connectivity index (χ1v) is 6.07. The number of rotatable bonds is 6. The summed E-state index contributed by atoms with van der Waals surface area (Å²) in [4.78, 5) is 0. The summed E-state index contributed by atoms with van der Waals surface area (Å²) >= 11 is 1.76. The minimum absolute atomic E-state index is 0.459. The van der Waals surface area contributed by atoms with Crippen molar-refractivity contribution in [3.63, 3.8) is 0 Å². The van der Waals surface area contributed by atoms with E-state index in [9.17, 15) is 0 Å². The van der Waals surface area contributed by atoms with E-state index in [1.807, 2.05) is 6.08 Å². The molecule has 2 heteroatoms. The summed E-state index contributed by atoms with van der Waals surface area (Å²) in [5.41, 5.74) is 1.39. The normalized spacial score (nSPS) is 15.0. The first kappa shape index (κ1) is 11.5. The minimum Gasteiger partial charge on any atom is -0.308 e. The Kier molecular flexibility index (Phi) is 4.91. The molecule has 2 unspecified atom stereocenters. The molecule has 1 nitrogen and oxygen atoms in total. The molecule has 1 rings (SSSR count). The van der Waals surface area contributed by atoms with Gasteiger partial charge < -0.3 is 5.32 Å². The van der Waals surface area contributed by atoms with Crippen molar-refractivity contribution in [2.75, 3.05) is 0 Å². The van der Waals surface area contributed by atoms with E-state index in [1.54, 1.807) is 11.3 Å². The molecule has 0 saturated carbocycles. The van der Waals surface area contributed by atoms with E-state index < -0.39 is 0 Å². The molecule has 0 saturated heterocycles. The molecule has 1 heterocycles. The third-order valence-electron chi connectivity index (χ3n) is 2.38. The SMILES string of the molecule is C=CCCC(C)NC(C)c1ccsc1. The van der Waals surface area contributed by atoms with Gasteiger partial charge in [-0.25, -0.2) is 0 Å². The summed E-state index contributed by atoms with van der Waals surface area (Å²) in [6, 6.07) is 3.20. The smallest absolute Gasteiger partial charge is 0.0302 e. The monoisotopic (exact) mass is 209 g/mol. The first-order chi connectivity index (χ1) is 6.74. The summed E-state index contributed by atoms with van der Waals surface area (Å²) < 4.78 is 0. The van der Waals surface area contributed by atoms with Crippen molar-refractivity contribution < 1.29 is 0 Å². The van der Waals surface area contributed by atoms with Gasteiger partial charge in [0.2, 0.25) is 0 Å². The van der Waals surface area contributed by atoms with Crippen molar-refractivity contribution >= 4 is 11.3 Å². The molecular formula is C12H19NS. The number of allylic oxidation sites excluding steroid dienone is 1. The highest BCUT2D eigenvalue weighted by molar-refractivity contribution is 7.07. The molecule has 78 valence electrons. The summed E-state index contributed by atoms with van der Waals surface area (Å²) in [6.07, 6.45) is 4.23. The van der Waals surface area contributed by atoms with E-state index in [1.165, 1.54) is 5.56 Å². The van der Waals surface area contributed by atoms with Crippen LogP contribution in [0.4, 0.5) is 0 Å². The predicted octanol–water partition coefficient (Wildman–Crippen LogP) is 3.75. The highest BCUT2D eigenvalue weighted by atomic mass is 32.1. The van der Waals surface area contributed by atoms with Crippen LogP contribution in [-0.2, 0) is 0 Å². The van der Waals surface area contributed by atoms with Crippen LogP contribution in [0.2, 0.25) is 0 Å². The van der Waals surface area contributed by atoms with Gasteiger partial charge in [-0.05, 0) is 49.1 Å². The van der Waals surface area contributed by atoms with Gasteiger partial charge in [-0.2, -0.15) is 11.3 Å². The molecule has 0 aliphatic rings. The Morgan fingerprint density at radius 3 is 2.93 bits per heavy atom. The Bertz CT molecular complexity index is 253. The number of hydrogen-bond donors (Lipinski definition) is 1. The second-order valence-corrected chi connectivity index (χ2v) is 4.49. The Balaban J connectivity index is 2.33. The largest absolute Gasteiger partial charge is 0.308 e. The zero-order chi connectivity index (χ0) is 10.4. The van der Waals surface area contributed by atoms with E-state index >= 15 is 0 Å². The van der Waals surface area contributed by atoms with Gasteiger partial charge in [-0.1, -0.05) is 6.08 Å². The zero-order valence-electron chi connectivity index (χ0n) is 8.99. The molecule has 0 aliphatic carbocycles. The van der Waals surface area contributed by atoms with Crippen molar-refractivity contribution in [2.24, 2.45) is 0 Å². The van der Waals surface area contributed by atoms with Gasteiger partial charge in [-0.15, -0.1) is 6.58 Å². The first-order valence-electron chi connectivity index (χ1n) is 5.13. The van der Waals surface area contributed by atoms with Crippen LogP contribution in [0.1, 0.15) is 38.3 Å². The van der Waals surface area contributed by atoms with E-state index in [2.05, 4.69) is 42.6 Å². The Morgan fingerprint density at radius 2 is 2.36 bits per heavy atom. The Morgan fingerprint density at radius 1 is 1.57 bits per heavy atom. The molecule has 0 bridgehead atoms. The van der Waals surface area contributed by atoms with Gasteiger partial charge in [-0.3, -0.25) is 0 Å². The topological polar surface area (TPSA) is 12.0 Å². The average Bonchev–Trinajstić information content (AvgIpc) is 2.67. The molecule has 0 radical (unpaired) electrons. The molecule has 1 aromatic heterocycles. The van der Waals surface area contributed by atoms with Crippen LogP contribution >= 0.6 is 11.3 Å². The van der Waals surface area contributed by atoms with Gasteiger partial charge in [0.15, 0.2) is 0 Å². The van der Waals surface area contributed by atoms with Crippen LogP contribution < -0.4 is 5.32 Å². The average molecular weight is 209 g/mol. The van der Waals surface area contributed by atoms with E-state index in [-0.39, 0.29) is 0 Å². The molecule has 1 N–H and O–H groups in total. The molecule has 14 heavy (non-hydrogen) atoms. The van der Waals surface area contributed by atoms with Crippen LogP contribution in [0.25, 0.3) is 0 Å². The van der Waals surface area contributed by atoms with Crippen LogP contribution in [0, 0.1) is 0 Å². The molecule has 2 atom stereocenters. The van der Waals surface area contributed by atoms with Crippen molar-refractivity contribution in [2.45, 2.75) is 38.8 Å². The van der Waals surface area contributed by atoms with Crippen molar-refractivity contribution in [3.05, 3.63) is 35.0 Å². The maximum Gasteiger partial charge on any atom is 0.0302 e. The standard InChI is InChI=1S/C12H19NS/c1-4-5-6-10(2)13-11(3)12-7-8-14-9-12/h4,7-11,13H,1,5-6H2,2-3H3. The van der Waals surface area contributed by atoms with Crippen LogP contribution in [0.15, 0.2) is 29.5 Å². The second kappa shape index (κ2) is 5.99. The van der Waals surface area contributed by atoms with Gasteiger partial charge in [0, 0.05) is 12.1 Å². The van der Waals surface area contributed by atoms with Crippen LogP contribution in [0.5, 0.6) is 0 Å². The summed E-state index contributed by atoms with van der Waals surface area (Å²) in [6.45, 7) is 8.18. The summed E-state index contributed by atoms with van der Waals surface area (Å²) in [5.74, 6) is 0. The lowest BCUT2D eigenvalue weighted by molar-refractivity contribution is 0.459. The molecular weight excluding hydrogens is 190 g/mol. The molecule has 0 aliphatic heterocycles. The van der Waals surface area contributed by atoms with Gasteiger partial charge in [0.1, 0.15) is 0 Å². The lowest BCUT2D eigenvalue weighted by atomic mass is 10.1. The lowest BCUT2D eigenvalue weighted by Gasteiger charge is -2.18. The summed E-state index contributed by atoms with van der Waals surface area (Å²) in [5, 5.41) is 7.91. The van der Waals surface area contributed by atoms with E-state index in [0.717, 1.165) is 12.8 Å². The highest BCUT2D eigenvalue weighted by Gasteiger charge is 2.08. The molecule has 0 aromatic carbocycles. The fourth-order valence-corrected chi connectivity index (χ4v) is 2.25. The maximum atomic E-state index is 3.74. The molecule has 1 aromatic rings. The van der Waals surface area contributed by atoms with E-state index in [0.29, 0.717) is 12.1 Å². The second-order valence-electron chi connectivity index (χ2n) is 3.71. The highest BCUT2D eigenvalue weighted by Crippen LogP contribution is 2.16. The van der Waals surface area contributed by atoms with E-state index in [4.69, 9.17) is 0 Å². The van der Waals surface area contributed by atoms with Gasteiger partial charge in [0.05, 0.1) is 0 Å².